The third kappa shape index (κ3) is 1.61. The predicted molar refractivity (Wildman–Crippen MR) is 53.4 cm³/mol. The van der Waals surface area contributed by atoms with Gasteiger partial charge in [-0.25, -0.2) is 0 Å². The van der Waals surface area contributed by atoms with Gasteiger partial charge in [0, 0.05) is 12.0 Å². The number of nitrogens with one attached hydrogen (secondary N) is 1. The average molecular weight is 193 g/mol. The average Bonchev–Trinajstić information content (AvgIpc) is 2.15. The molecule has 1 aliphatic rings. The number of hydrogen-bond acceptors (Lipinski definition) is 3. The lowest BCUT2D eigenvalue weighted by atomic mass is 9.90. The van der Waals surface area contributed by atoms with E-state index in [4.69, 9.17) is 9.94 Å². The Balaban J connectivity index is 2.41. The van der Waals surface area contributed by atoms with Crippen LogP contribution in [0, 0.1) is 0 Å². The van der Waals surface area contributed by atoms with Crippen LogP contribution in [0.2, 0.25) is 0 Å². The highest BCUT2D eigenvalue weighted by atomic mass is 16.5. The number of benzene rings is 1. The predicted octanol–water partition coefficient (Wildman–Crippen LogP) is 2.27. The molecule has 3 nitrogen and oxygen atoms in total. The summed E-state index contributed by atoms with van der Waals surface area (Å²) in [6.07, 6.45) is 0.764. The Morgan fingerprint density at radius 2 is 2.14 bits per heavy atom. The zero-order valence-corrected chi connectivity index (χ0v) is 8.45. The molecule has 0 amide bonds. The summed E-state index contributed by atoms with van der Waals surface area (Å²) in [4.78, 5) is 0. The summed E-state index contributed by atoms with van der Waals surface area (Å²) in [6, 6.07) is 7.76. The van der Waals surface area contributed by atoms with E-state index < -0.39 is 0 Å². The molecule has 0 radical (unpaired) electrons. The van der Waals surface area contributed by atoms with Gasteiger partial charge >= 0.3 is 0 Å². The van der Waals surface area contributed by atoms with Crippen LogP contribution < -0.4 is 10.2 Å². The molecule has 1 aromatic rings. The van der Waals surface area contributed by atoms with E-state index in [1.165, 1.54) is 0 Å². The maximum atomic E-state index is 9.06. The van der Waals surface area contributed by atoms with Crippen LogP contribution in [0.3, 0.4) is 0 Å². The standard InChI is InChI=1S/C11H15NO2/c1-11(2)7-9(12-13)8-5-3-4-6-10(8)14-11/h3-6,9,12-13H,7H2,1-2H3. The number of rotatable bonds is 1. The molecule has 1 unspecified atom stereocenters. The summed E-state index contributed by atoms with van der Waals surface area (Å²) in [7, 11) is 0. The summed E-state index contributed by atoms with van der Waals surface area (Å²) < 4.78 is 5.80. The Bertz CT molecular complexity index is 336. The SMILES string of the molecule is CC1(C)CC(NO)c2ccccc2O1. The molecule has 0 aromatic heterocycles. The number of fused-ring (bicyclic) bond motifs is 1. The van der Waals surface area contributed by atoms with Gasteiger partial charge in [0.1, 0.15) is 11.4 Å². The van der Waals surface area contributed by atoms with Gasteiger partial charge < -0.3 is 9.94 Å². The summed E-state index contributed by atoms with van der Waals surface area (Å²) in [5.74, 6) is 0.857. The number of ether oxygens (including phenoxy) is 1. The quantitative estimate of drug-likeness (QED) is 0.672. The Kier molecular flexibility index (Phi) is 2.21. The van der Waals surface area contributed by atoms with Gasteiger partial charge in [-0.3, -0.25) is 0 Å². The molecule has 1 aromatic carbocycles. The van der Waals surface area contributed by atoms with Crippen molar-refractivity contribution in [1.82, 2.24) is 5.48 Å². The maximum absolute atomic E-state index is 9.06. The summed E-state index contributed by atoms with van der Waals surface area (Å²) in [5, 5.41) is 9.06. The second-order valence-electron chi connectivity index (χ2n) is 4.29. The lowest BCUT2D eigenvalue weighted by molar-refractivity contribution is 0.0259. The van der Waals surface area contributed by atoms with Gasteiger partial charge in [0.25, 0.3) is 0 Å². The van der Waals surface area contributed by atoms with Crippen LogP contribution in [0.4, 0.5) is 0 Å². The molecule has 0 saturated carbocycles. The van der Waals surface area contributed by atoms with E-state index in [1.54, 1.807) is 0 Å². The van der Waals surface area contributed by atoms with E-state index in [-0.39, 0.29) is 11.6 Å². The van der Waals surface area contributed by atoms with E-state index >= 15 is 0 Å². The van der Waals surface area contributed by atoms with Crippen molar-refractivity contribution in [2.45, 2.75) is 31.9 Å². The molecule has 0 aliphatic carbocycles. The van der Waals surface area contributed by atoms with Crippen molar-refractivity contribution in [2.24, 2.45) is 0 Å². The van der Waals surface area contributed by atoms with Gasteiger partial charge in [-0.1, -0.05) is 18.2 Å². The molecule has 1 atom stereocenters. The summed E-state index contributed by atoms with van der Waals surface area (Å²) in [6.45, 7) is 4.04. The van der Waals surface area contributed by atoms with E-state index in [0.717, 1.165) is 17.7 Å². The molecule has 0 spiro atoms. The minimum Gasteiger partial charge on any atom is -0.487 e. The van der Waals surface area contributed by atoms with Gasteiger partial charge in [0.2, 0.25) is 0 Å². The Labute approximate surface area is 83.7 Å². The molecule has 3 heteroatoms. The van der Waals surface area contributed by atoms with Crippen molar-refractivity contribution >= 4 is 0 Å². The maximum Gasteiger partial charge on any atom is 0.124 e. The highest BCUT2D eigenvalue weighted by molar-refractivity contribution is 5.38. The minimum absolute atomic E-state index is 0.0325. The minimum atomic E-state index is -0.227. The molecule has 14 heavy (non-hydrogen) atoms. The fourth-order valence-corrected chi connectivity index (χ4v) is 1.92. The van der Waals surface area contributed by atoms with Crippen LogP contribution in [0.15, 0.2) is 24.3 Å². The fraction of sp³-hybridized carbons (Fsp3) is 0.455. The van der Waals surface area contributed by atoms with Crippen molar-refractivity contribution in [2.75, 3.05) is 0 Å². The Hall–Kier alpha value is -1.06. The van der Waals surface area contributed by atoms with E-state index in [2.05, 4.69) is 5.48 Å². The monoisotopic (exact) mass is 193 g/mol. The van der Waals surface area contributed by atoms with Crippen molar-refractivity contribution in [3.63, 3.8) is 0 Å². The molecule has 0 saturated heterocycles. The van der Waals surface area contributed by atoms with E-state index in [9.17, 15) is 0 Å². The van der Waals surface area contributed by atoms with Crippen LogP contribution in [-0.2, 0) is 0 Å². The van der Waals surface area contributed by atoms with E-state index in [0.29, 0.717) is 0 Å². The Morgan fingerprint density at radius 1 is 1.43 bits per heavy atom. The van der Waals surface area contributed by atoms with Crippen LogP contribution in [0.5, 0.6) is 5.75 Å². The third-order valence-electron chi connectivity index (χ3n) is 2.53. The highest BCUT2D eigenvalue weighted by Crippen LogP contribution is 2.38. The smallest absolute Gasteiger partial charge is 0.124 e. The van der Waals surface area contributed by atoms with Gasteiger partial charge in [-0.2, -0.15) is 5.48 Å². The molecule has 1 aliphatic heterocycles. The van der Waals surface area contributed by atoms with Crippen molar-refractivity contribution < 1.29 is 9.94 Å². The van der Waals surface area contributed by atoms with Crippen molar-refractivity contribution in [1.29, 1.82) is 0 Å². The molecule has 1 heterocycles. The third-order valence-corrected chi connectivity index (χ3v) is 2.53. The van der Waals surface area contributed by atoms with Gasteiger partial charge in [-0.15, -0.1) is 0 Å². The van der Waals surface area contributed by atoms with Gasteiger partial charge in [0.15, 0.2) is 0 Å². The zero-order valence-electron chi connectivity index (χ0n) is 8.45. The topological polar surface area (TPSA) is 41.5 Å². The van der Waals surface area contributed by atoms with Crippen LogP contribution in [0.25, 0.3) is 0 Å². The first kappa shape index (κ1) is 9.49. The molecular weight excluding hydrogens is 178 g/mol. The highest BCUT2D eigenvalue weighted by Gasteiger charge is 2.32. The molecule has 76 valence electrons. The van der Waals surface area contributed by atoms with E-state index in [1.807, 2.05) is 38.1 Å². The first-order valence-corrected chi connectivity index (χ1v) is 4.80. The summed E-state index contributed by atoms with van der Waals surface area (Å²) in [5.41, 5.74) is 3.13. The molecule has 2 N–H and O–H groups in total. The molecule has 0 fully saturated rings. The largest absolute Gasteiger partial charge is 0.487 e. The second-order valence-corrected chi connectivity index (χ2v) is 4.29. The lowest BCUT2D eigenvalue weighted by Gasteiger charge is -2.36. The molecule has 2 rings (SSSR count). The number of hydrogen-bond donors (Lipinski definition) is 2. The zero-order chi connectivity index (χ0) is 10.2. The summed E-state index contributed by atoms with van der Waals surface area (Å²) >= 11 is 0. The lowest BCUT2D eigenvalue weighted by Crippen LogP contribution is -2.38. The molecule has 0 bridgehead atoms. The normalized spacial score (nSPS) is 23.8. The number of para-hydroxylation sites is 1. The van der Waals surface area contributed by atoms with Crippen LogP contribution in [0.1, 0.15) is 31.9 Å². The van der Waals surface area contributed by atoms with Gasteiger partial charge in [0.05, 0.1) is 6.04 Å². The van der Waals surface area contributed by atoms with Crippen molar-refractivity contribution in [3.05, 3.63) is 29.8 Å². The van der Waals surface area contributed by atoms with Crippen molar-refractivity contribution in [3.8, 4) is 5.75 Å². The Morgan fingerprint density at radius 3 is 2.86 bits per heavy atom. The van der Waals surface area contributed by atoms with Crippen LogP contribution >= 0.6 is 0 Å². The fourth-order valence-electron chi connectivity index (χ4n) is 1.92. The van der Waals surface area contributed by atoms with Gasteiger partial charge in [-0.05, 0) is 19.9 Å². The van der Waals surface area contributed by atoms with Crippen LogP contribution in [-0.4, -0.2) is 10.8 Å². The first-order chi connectivity index (χ1) is 6.62. The second kappa shape index (κ2) is 3.26. The first-order valence-electron chi connectivity index (χ1n) is 4.80. The number of hydroxylamine groups is 1. The molecular formula is C11H15NO2.